The van der Waals surface area contributed by atoms with Crippen molar-refractivity contribution in [1.82, 2.24) is 20.1 Å². The van der Waals surface area contributed by atoms with Gasteiger partial charge in [-0.2, -0.15) is 0 Å². The zero-order chi connectivity index (χ0) is 20.3. The maximum Gasteiger partial charge on any atom is 0.318 e. The third kappa shape index (κ3) is 4.39. The number of aromatic nitrogens is 1. The SMILES string of the molecule is CCCCNC(=O)[C@@H](NC(=O)N1C[C@@H]2C[C@H](C1)c1cccc(=O)n1C2)C(C)C. The molecule has 3 atom stereocenters. The molecule has 0 radical (unpaired) electrons. The number of hydrogen-bond acceptors (Lipinski definition) is 3. The Balaban J connectivity index is 1.66. The van der Waals surface area contributed by atoms with E-state index >= 15 is 0 Å². The second kappa shape index (κ2) is 8.80. The van der Waals surface area contributed by atoms with E-state index in [2.05, 4.69) is 17.6 Å². The number of nitrogens with one attached hydrogen (secondary N) is 2. The van der Waals surface area contributed by atoms with E-state index in [1.165, 1.54) is 0 Å². The Hall–Kier alpha value is -2.31. The molecule has 1 aromatic heterocycles. The van der Waals surface area contributed by atoms with E-state index in [1.54, 1.807) is 12.1 Å². The Morgan fingerprint density at radius 1 is 1.21 bits per heavy atom. The number of likely N-dealkylation sites (tertiary alicyclic amines) is 1. The van der Waals surface area contributed by atoms with Gasteiger partial charge in [0.2, 0.25) is 5.91 Å². The standard InChI is InChI=1S/C21H32N4O3/c1-4-5-9-22-20(27)19(14(2)3)23-21(28)24-11-15-10-16(13-24)17-7-6-8-18(26)25(17)12-15/h6-8,14-16,19H,4-5,9-13H2,1-3H3,(H,22,27)(H,23,28)/t15-,16+,19-/m0/s1. The van der Waals surface area contributed by atoms with Crippen LogP contribution in [-0.2, 0) is 11.3 Å². The fourth-order valence-corrected chi connectivity index (χ4v) is 4.32. The minimum atomic E-state index is -0.541. The molecule has 2 aliphatic heterocycles. The molecule has 154 valence electrons. The van der Waals surface area contributed by atoms with Crippen LogP contribution in [-0.4, -0.2) is 47.1 Å². The molecule has 3 heterocycles. The van der Waals surface area contributed by atoms with Crippen LogP contribution < -0.4 is 16.2 Å². The molecule has 2 bridgehead atoms. The molecule has 3 rings (SSSR count). The third-order valence-electron chi connectivity index (χ3n) is 5.82. The van der Waals surface area contributed by atoms with Crippen LogP contribution in [0.2, 0.25) is 0 Å². The fraction of sp³-hybridized carbons (Fsp3) is 0.667. The maximum absolute atomic E-state index is 12.9. The number of carbonyl (C=O) groups excluding carboxylic acids is 2. The molecule has 0 saturated carbocycles. The number of rotatable bonds is 6. The number of nitrogens with zero attached hydrogens (tertiary/aromatic N) is 2. The first kappa shape index (κ1) is 20.4. The number of piperidine rings is 1. The van der Waals surface area contributed by atoms with Crippen LogP contribution >= 0.6 is 0 Å². The summed E-state index contributed by atoms with van der Waals surface area (Å²) in [6, 6.07) is 4.65. The largest absolute Gasteiger partial charge is 0.354 e. The van der Waals surface area contributed by atoms with E-state index in [4.69, 9.17) is 0 Å². The molecule has 0 aliphatic carbocycles. The average molecular weight is 389 g/mol. The maximum atomic E-state index is 12.9. The first-order valence-electron chi connectivity index (χ1n) is 10.4. The quantitative estimate of drug-likeness (QED) is 0.731. The Labute approximate surface area is 166 Å². The molecule has 7 nitrogen and oxygen atoms in total. The second-order valence-electron chi connectivity index (χ2n) is 8.42. The zero-order valence-electron chi connectivity index (χ0n) is 17.1. The van der Waals surface area contributed by atoms with Gasteiger partial charge in [0.15, 0.2) is 0 Å². The smallest absolute Gasteiger partial charge is 0.318 e. The summed E-state index contributed by atoms with van der Waals surface area (Å²) in [6.45, 7) is 8.44. The Kier molecular flexibility index (Phi) is 6.42. The van der Waals surface area contributed by atoms with Gasteiger partial charge in [0.1, 0.15) is 6.04 Å². The van der Waals surface area contributed by atoms with Gasteiger partial charge in [-0.05, 0) is 30.7 Å². The van der Waals surface area contributed by atoms with Crippen LogP contribution in [0.25, 0.3) is 0 Å². The van der Waals surface area contributed by atoms with Crippen molar-refractivity contribution in [1.29, 1.82) is 0 Å². The lowest BCUT2D eigenvalue weighted by Gasteiger charge is -2.43. The highest BCUT2D eigenvalue weighted by Crippen LogP contribution is 2.34. The van der Waals surface area contributed by atoms with Gasteiger partial charge in [-0.1, -0.05) is 33.3 Å². The summed E-state index contributed by atoms with van der Waals surface area (Å²) in [5.41, 5.74) is 1.05. The monoisotopic (exact) mass is 388 g/mol. The van der Waals surface area contributed by atoms with Gasteiger partial charge in [-0.3, -0.25) is 9.59 Å². The summed E-state index contributed by atoms with van der Waals surface area (Å²) in [4.78, 5) is 39.4. The summed E-state index contributed by atoms with van der Waals surface area (Å²) < 4.78 is 1.85. The molecule has 0 unspecified atom stereocenters. The molecule has 2 N–H and O–H groups in total. The van der Waals surface area contributed by atoms with E-state index in [0.717, 1.165) is 25.0 Å². The molecule has 3 amide bonds. The van der Waals surface area contributed by atoms with Gasteiger partial charge >= 0.3 is 6.03 Å². The normalized spacial score (nSPS) is 21.8. The minimum Gasteiger partial charge on any atom is -0.354 e. The predicted molar refractivity (Wildman–Crippen MR) is 108 cm³/mol. The molecule has 2 aliphatic rings. The topological polar surface area (TPSA) is 83.4 Å². The number of amides is 3. The van der Waals surface area contributed by atoms with Crippen molar-refractivity contribution in [2.24, 2.45) is 11.8 Å². The molecule has 1 aromatic rings. The summed E-state index contributed by atoms with van der Waals surface area (Å²) in [7, 11) is 0. The highest BCUT2D eigenvalue weighted by atomic mass is 16.2. The molecule has 28 heavy (non-hydrogen) atoms. The molecule has 1 saturated heterocycles. The predicted octanol–water partition coefficient (Wildman–Crippen LogP) is 1.92. The lowest BCUT2D eigenvalue weighted by Crippen LogP contribution is -2.57. The van der Waals surface area contributed by atoms with Gasteiger partial charge in [0.05, 0.1) is 0 Å². The van der Waals surface area contributed by atoms with Crippen molar-refractivity contribution in [2.75, 3.05) is 19.6 Å². The highest BCUT2D eigenvalue weighted by Gasteiger charge is 2.37. The Bertz CT molecular complexity index is 773. The average Bonchev–Trinajstić information content (AvgIpc) is 2.66. The molecular formula is C21H32N4O3. The van der Waals surface area contributed by atoms with Gasteiger partial charge in [0, 0.05) is 43.9 Å². The van der Waals surface area contributed by atoms with E-state index in [0.29, 0.717) is 26.2 Å². The first-order chi connectivity index (χ1) is 13.4. The number of carbonyl (C=O) groups is 2. The minimum absolute atomic E-state index is 0.00849. The number of unbranched alkanes of at least 4 members (excludes halogenated alkanes) is 1. The summed E-state index contributed by atoms with van der Waals surface area (Å²) in [6.07, 6.45) is 2.94. The van der Waals surface area contributed by atoms with E-state index in [1.807, 2.05) is 29.4 Å². The van der Waals surface area contributed by atoms with Gasteiger partial charge < -0.3 is 20.1 Å². The summed E-state index contributed by atoms with van der Waals surface area (Å²) in [5, 5.41) is 5.87. The van der Waals surface area contributed by atoms with Crippen molar-refractivity contribution >= 4 is 11.9 Å². The Morgan fingerprint density at radius 3 is 2.71 bits per heavy atom. The van der Waals surface area contributed by atoms with E-state index in [-0.39, 0.29) is 35.3 Å². The van der Waals surface area contributed by atoms with Crippen molar-refractivity contribution in [2.45, 2.75) is 58.5 Å². The molecule has 1 fully saturated rings. The number of fused-ring (bicyclic) bond motifs is 4. The van der Waals surface area contributed by atoms with E-state index < -0.39 is 6.04 Å². The molecule has 0 spiro atoms. The Morgan fingerprint density at radius 2 is 2.00 bits per heavy atom. The van der Waals surface area contributed by atoms with Crippen molar-refractivity contribution in [3.63, 3.8) is 0 Å². The lowest BCUT2D eigenvalue weighted by atomic mass is 9.83. The van der Waals surface area contributed by atoms with Crippen LogP contribution in [0, 0.1) is 11.8 Å². The number of hydrogen-bond donors (Lipinski definition) is 2. The summed E-state index contributed by atoms with van der Waals surface area (Å²) >= 11 is 0. The van der Waals surface area contributed by atoms with Crippen LogP contribution in [0.5, 0.6) is 0 Å². The lowest BCUT2D eigenvalue weighted by molar-refractivity contribution is -0.123. The molecule has 7 heteroatoms. The van der Waals surface area contributed by atoms with Crippen molar-refractivity contribution in [3.8, 4) is 0 Å². The van der Waals surface area contributed by atoms with Gasteiger partial charge in [-0.25, -0.2) is 4.79 Å². The second-order valence-corrected chi connectivity index (χ2v) is 8.42. The first-order valence-corrected chi connectivity index (χ1v) is 10.4. The van der Waals surface area contributed by atoms with Crippen molar-refractivity contribution < 1.29 is 9.59 Å². The summed E-state index contributed by atoms with van der Waals surface area (Å²) in [5.74, 6) is 0.330. The van der Waals surface area contributed by atoms with E-state index in [9.17, 15) is 14.4 Å². The van der Waals surface area contributed by atoms with Gasteiger partial charge in [0.25, 0.3) is 5.56 Å². The number of pyridine rings is 1. The fourth-order valence-electron chi connectivity index (χ4n) is 4.32. The van der Waals surface area contributed by atoms with Gasteiger partial charge in [-0.15, -0.1) is 0 Å². The number of urea groups is 1. The van der Waals surface area contributed by atoms with Crippen molar-refractivity contribution in [3.05, 3.63) is 34.2 Å². The third-order valence-corrected chi connectivity index (χ3v) is 5.82. The molecule has 0 aromatic carbocycles. The molecular weight excluding hydrogens is 356 g/mol. The zero-order valence-corrected chi connectivity index (χ0v) is 17.1. The van der Waals surface area contributed by atoms with Crippen LogP contribution in [0.1, 0.15) is 51.6 Å². The highest BCUT2D eigenvalue weighted by molar-refractivity contribution is 5.87. The van der Waals surface area contributed by atoms with Crippen LogP contribution in [0.4, 0.5) is 4.79 Å². The van der Waals surface area contributed by atoms with Crippen LogP contribution in [0.15, 0.2) is 23.0 Å². The van der Waals surface area contributed by atoms with Crippen LogP contribution in [0.3, 0.4) is 0 Å².